The van der Waals surface area contributed by atoms with Crippen LogP contribution >= 0.6 is 0 Å². The molecule has 2 heterocycles. The molecule has 1 fully saturated rings. The van der Waals surface area contributed by atoms with Gasteiger partial charge in [0.1, 0.15) is 0 Å². The van der Waals surface area contributed by atoms with Crippen molar-refractivity contribution < 1.29 is 37.0 Å². The van der Waals surface area contributed by atoms with E-state index in [0.29, 0.717) is 17.1 Å². The zero-order valence-electron chi connectivity index (χ0n) is 15.3. The number of methoxy groups -OCH3 is 1. The van der Waals surface area contributed by atoms with E-state index in [1.165, 1.54) is 13.2 Å². The first kappa shape index (κ1) is 18.1. The maximum Gasteiger partial charge on any atom is 0.471 e. The summed E-state index contributed by atoms with van der Waals surface area (Å²) >= 11 is 0. The van der Waals surface area contributed by atoms with Gasteiger partial charge in [-0.1, -0.05) is 0 Å². The van der Waals surface area contributed by atoms with Crippen LogP contribution in [0.4, 0.5) is 13.2 Å². The minimum Gasteiger partial charge on any atom is -0.493 e. The largest absolute Gasteiger partial charge is 0.493 e. The molecule has 0 radical (unpaired) electrons. The fourth-order valence-electron chi connectivity index (χ4n) is 4.88. The quantitative estimate of drug-likeness (QED) is 0.716. The molecule has 2 bridgehead atoms. The summed E-state index contributed by atoms with van der Waals surface area (Å²) in [7, 11) is 1.38. The number of amides is 1. The minimum absolute atomic E-state index is 0.0632. The number of ether oxygens (including phenoxy) is 3. The molecule has 29 heavy (non-hydrogen) atoms. The van der Waals surface area contributed by atoms with Gasteiger partial charge in [0, 0.05) is 12.0 Å². The second kappa shape index (κ2) is 5.77. The molecule has 1 amide bonds. The topological polar surface area (TPSA) is 65.1 Å². The van der Waals surface area contributed by atoms with Gasteiger partial charge in [-0.25, -0.2) is 0 Å². The van der Waals surface area contributed by atoms with Crippen molar-refractivity contribution in [3.05, 3.63) is 46.7 Å². The van der Waals surface area contributed by atoms with E-state index in [9.17, 15) is 22.8 Å². The highest BCUT2D eigenvalue weighted by molar-refractivity contribution is 6.05. The Bertz CT molecular complexity index is 1010. The number of halogens is 3. The number of carbonyl (C=O) groups is 2. The first-order valence-corrected chi connectivity index (χ1v) is 9.08. The number of hydrogen-bond donors (Lipinski definition) is 0. The molecule has 1 saturated heterocycles. The van der Waals surface area contributed by atoms with Crippen LogP contribution in [0.2, 0.25) is 0 Å². The molecule has 4 aliphatic rings. The molecular formula is C20H16F3NO5. The van der Waals surface area contributed by atoms with Crippen LogP contribution in [0.1, 0.15) is 17.5 Å². The number of alkyl halides is 3. The van der Waals surface area contributed by atoms with E-state index in [2.05, 4.69) is 0 Å². The number of ketones is 1. The monoisotopic (exact) mass is 407 g/mol. The number of carbonyl (C=O) groups excluding carboxylic acids is 2. The molecule has 0 aromatic heterocycles. The van der Waals surface area contributed by atoms with E-state index in [1.807, 2.05) is 6.07 Å². The van der Waals surface area contributed by atoms with Gasteiger partial charge in [-0.15, -0.1) is 0 Å². The summed E-state index contributed by atoms with van der Waals surface area (Å²) in [6.45, 7) is -0.0242. The second-order valence-corrected chi connectivity index (χ2v) is 7.48. The van der Waals surface area contributed by atoms with Crippen molar-refractivity contribution in [2.75, 3.05) is 20.4 Å². The zero-order valence-corrected chi connectivity index (χ0v) is 15.3. The minimum atomic E-state index is -4.98. The average Bonchev–Trinajstić information content (AvgIpc) is 3.13. The van der Waals surface area contributed by atoms with Gasteiger partial charge in [0.15, 0.2) is 17.3 Å². The smallest absolute Gasteiger partial charge is 0.471 e. The Morgan fingerprint density at radius 1 is 1.28 bits per heavy atom. The van der Waals surface area contributed by atoms with Crippen LogP contribution in [0, 0.1) is 0 Å². The van der Waals surface area contributed by atoms with E-state index in [0.717, 1.165) is 16.0 Å². The molecule has 2 atom stereocenters. The third-order valence-electron chi connectivity index (χ3n) is 6.12. The predicted molar refractivity (Wildman–Crippen MR) is 92.3 cm³/mol. The van der Waals surface area contributed by atoms with Crippen molar-refractivity contribution >= 4 is 11.7 Å². The summed E-state index contributed by atoms with van der Waals surface area (Å²) < 4.78 is 55.7. The number of nitrogens with zero attached hydrogens (tertiary/aromatic N) is 1. The Kier molecular flexibility index (Phi) is 3.60. The highest BCUT2D eigenvalue weighted by Crippen LogP contribution is 2.54. The van der Waals surface area contributed by atoms with Gasteiger partial charge in [0.25, 0.3) is 0 Å². The predicted octanol–water partition coefficient (Wildman–Crippen LogP) is 2.41. The highest BCUT2D eigenvalue weighted by Gasteiger charge is 2.55. The van der Waals surface area contributed by atoms with Gasteiger partial charge in [0.2, 0.25) is 12.6 Å². The Morgan fingerprint density at radius 3 is 2.69 bits per heavy atom. The Hall–Kier alpha value is -2.97. The van der Waals surface area contributed by atoms with Gasteiger partial charge < -0.3 is 19.1 Å². The highest BCUT2D eigenvalue weighted by atomic mass is 19.4. The molecule has 9 heteroatoms. The van der Waals surface area contributed by atoms with Crippen LogP contribution in [-0.4, -0.2) is 49.3 Å². The second-order valence-electron chi connectivity index (χ2n) is 7.48. The van der Waals surface area contributed by atoms with Crippen molar-refractivity contribution in [3.8, 4) is 11.5 Å². The average molecular weight is 407 g/mol. The van der Waals surface area contributed by atoms with Crippen LogP contribution < -0.4 is 9.47 Å². The third-order valence-corrected chi connectivity index (χ3v) is 6.12. The zero-order chi connectivity index (χ0) is 20.6. The summed E-state index contributed by atoms with van der Waals surface area (Å²) in [6.07, 6.45) is -1.63. The summed E-state index contributed by atoms with van der Waals surface area (Å²) in [5, 5.41) is 0. The van der Waals surface area contributed by atoms with Crippen LogP contribution in [-0.2, 0) is 26.2 Å². The normalized spacial score (nSPS) is 27.0. The van der Waals surface area contributed by atoms with Gasteiger partial charge >= 0.3 is 12.1 Å². The lowest BCUT2D eigenvalue weighted by molar-refractivity contribution is -0.188. The summed E-state index contributed by atoms with van der Waals surface area (Å²) in [6, 6.07) is 2.70. The van der Waals surface area contributed by atoms with E-state index in [-0.39, 0.29) is 31.9 Å². The fraction of sp³-hybridized carbons (Fsp3) is 0.400. The van der Waals surface area contributed by atoms with Crippen molar-refractivity contribution in [3.63, 3.8) is 0 Å². The van der Waals surface area contributed by atoms with Crippen LogP contribution in [0.15, 0.2) is 35.6 Å². The molecule has 6 nitrogen and oxygen atoms in total. The first-order valence-electron chi connectivity index (χ1n) is 9.08. The Balaban J connectivity index is 1.71. The van der Waals surface area contributed by atoms with Crippen molar-refractivity contribution in [2.45, 2.75) is 30.5 Å². The molecule has 0 saturated carbocycles. The van der Waals surface area contributed by atoms with E-state index < -0.39 is 29.3 Å². The summed E-state index contributed by atoms with van der Waals surface area (Å²) in [4.78, 5) is 25.4. The van der Waals surface area contributed by atoms with Crippen molar-refractivity contribution in [1.29, 1.82) is 0 Å². The van der Waals surface area contributed by atoms with Gasteiger partial charge in [-0.3, -0.25) is 9.59 Å². The molecule has 1 aromatic carbocycles. The number of benzene rings is 1. The molecule has 5 rings (SSSR count). The Labute approximate surface area is 163 Å². The number of piperidine rings is 1. The molecule has 0 N–H and O–H groups in total. The SMILES string of the molecule is COC1=C[C@@]23CCN(C(=O)C(F)(F)F)[C@H](Cc4cc5c(cc42)OCO5)C3=CC1=O. The van der Waals surface area contributed by atoms with Crippen LogP contribution in [0.5, 0.6) is 11.5 Å². The van der Waals surface area contributed by atoms with Crippen molar-refractivity contribution in [2.24, 2.45) is 0 Å². The maximum absolute atomic E-state index is 13.2. The van der Waals surface area contributed by atoms with Crippen LogP contribution in [0.3, 0.4) is 0 Å². The van der Waals surface area contributed by atoms with E-state index in [1.54, 1.807) is 12.1 Å². The molecule has 2 aliphatic heterocycles. The molecule has 0 spiro atoms. The maximum atomic E-state index is 13.2. The number of allylic oxidation sites excluding steroid dienone is 2. The van der Waals surface area contributed by atoms with Crippen LogP contribution in [0.25, 0.3) is 0 Å². The summed E-state index contributed by atoms with van der Waals surface area (Å²) in [5.74, 6) is -1.12. The summed E-state index contributed by atoms with van der Waals surface area (Å²) in [5.41, 5.74) is 1.25. The number of fused-ring (bicyclic) bond motifs is 2. The lowest BCUT2D eigenvalue weighted by atomic mass is 9.58. The van der Waals surface area contributed by atoms with Crippen molar-refractivity contribution in [1.82, 2.24) is 4.90 Å². The third kappa shape index (κ3) is 2.42. The fourth-order valence-corrected chi connectivity index (χ4v) is 4.88. The lowest BCUT2D eigenvalue weighted by Gasteiger charge is -2.53. The van der Waals surface area contributed by atoms with Gasteiger partial charge in [0.05, 0.1) is 13.2 Å². The van der Waals surface area contributed by atoms with E-state index in [4.69, 9.17) is 14.2 Å². The number of likely N-dealkylation sites (tertiary alicyclic amines) is 1. The van der Waals surface area contributed by atoms with Gasteiger partial charge in [-0.05, 0) is 53.8 Å². The standard InChI is InChI=1S/C20H16F3NO5/c1-27-17-8-19-2-3-24(18(26)20(21,22)23)13(12(19)6-14(17)25)4-10-5-15-16(7-11(10)19)29-9-28-15/h5-8,13H,2-4,9H2,1H3/t13-,19+/m1/s1. The molecular weight excluding hydrogens is 391 g/mol. The molecule has 152 valence electrons. The molecule has 1 aromatic rings. The first-order chi connectivity index (χ1) is 13.7. The number of rotatable bonds is 1. The van der Waals surface area contributed by atoms with Gasteiger partial charge in [-0.2, -0.15) is 13.2 Å². The molecule has 0 unspecified atom stereocenters. The number of hydrogen-bond acceptors (Lipinski definition) is 5. The lowest BCUT2D eigenvalue weighted by Crippen LogP contribution is -2.59. The Morgan fingerprint density at radius 2 is 2.00 bits per heavy atom. The van der Waals surface area contributed by atoms with E-state index >= 15 is 0 Å². The molecule has 2 aliphatic carbocycles.